The summed E-state index contributed by atoms with van der Waals surface area (Å²) in [5.74, 6) is -0.613. The molecular formula is C12H8F3N3O2. The monoisotopic (exact) mass is 283 g/mol. The van der Waals surface area contributed by atoms with Crippen molar-refractivity contribution in [1.29, 1.82) is 0 Å². The van der Waals surface area contributed by atoms with Crippen LogP contribution in [0.5, 0.6) is 0 Å². The summed E-state index contributed by atoms with van der Waals surface area (Å²) in [6.07, 6.45) is -2.34. The number of aromatic amines is 1. The smallest absolute Gasteiger partial charge is 0.329 e. The Bertz CT molecular complexity index is 677. The Balaban J connectivity index is 2.14. The molecule has 2 aromatic heterocycles. The average molecular weight is 283 g/mol. The van der Waals surface area contributed by atoms with Gasteiger partial charge in [-0.15, -0.1) is 0 Å². The maximum Gasteiger partial charge on any atom is 0.433 e. The molecule has 5 nitrogen and oxygen atoms in total. The van der Waals surface area contributed by atoms with E-state index < -0.39 is 23.3 Å². The molecule has 20 heavy (non-hydrogen) atoms. The second-order valence-electron chi connectivity index (χ2n) is 3.83. The van der Waals surface area contributed by atoms with E-state index >= 15 is 0 Å². The fourth-order valence-corrected chi connectivity index (χ4v) is 1.42. The molecule has 0 aliphatic carbocycles. The number of halogens is 3. The molecule has 0 radical (unpaired) electrons. The zero-order chi connectivity index (χ0) is 14.8. The average Bonchev–Trinajstić information content (AvgIpc) is 2.38. The second kappa shape index (κ2) is 5.16. The standard InChI is InChI=1S/C12H8F3N3O2/c13-12(14,15)9-2-1-8(6-17-9)18-11(20)7-3-4-16-10(19)5-7/h1-6H,(H,16,19)(H,18,20). The van der Waals surface area contributed by atoms with Crippen LogP contribution in [-0.2, 0) is 6.18 Å². The Morgan fingerprint density at radius 1 is 1.25 bits per heavy atom. The Morgan fingerprint density at radius 2 is 2.00 bits per heavy atom. The Kier molecular flexibility index (Phi) is 3.55. The number of carbonyl (C=O) groups is 1. The minimum atomic E-state index is -4.53. The molecule has 0 saturated heterocycles. The third kappa shape index (κ3) is 3.22. The molecule has 0 fully saturated rings. The summed E-state index contributed by atoms with van der Waals surface area (Å²) >= 11 is 0. The van der Waals surface area contributed by atoms with Gasteiger partial charge in [0, 0.05) is 17.8 Å². The van der Waals surface area contributed by atoms with Gasteiger partial charge in [-0.25, -0.2) is 4.98 Å². The molecule has 0 unspecified atom stereocenters. The first-order chi connectivity index (χ1) is 9.36. The van der Waals surface area contributed by atoms with Gasteiger partial charge in [0.05, 0.1) is 11.9 Å². The normalized spacial score (nSPS) is 11.2. The van der Waals surface area contributed by atoms with E-state index in [-0.39, 0.29) is 11.3 Å². The van der Waals surface area contributed by atoms with Gasteiger partial charge in [-0.1, -0.05) is 0 Å². The van der Waals surface area contributed by atoms with Crippen molar-refractivity contribution in [2.45, 2.75) is 6.18 Å². The first kappa shape index (κ1) is 13.8. The van der Waals surface area contributed by atoms with E-state index in [4.69, 9.17) is 0 Å². The summed E-state index contributed by atoms with van der Waals surface area (Å²) in [5.41, 5.74) is -1.31. The van der Waals surface area contributed by atoms with E-state index in [1.165, 1.54) is 12.3 Å². The lowest BCUT2D eigenvalue weighted by Gasteiger charge is -2.07. The first-order valence-electron chi connectivity index (χ1n) is 5.39. The van der Waals surface area contributed by atoms with Crippen molar-refractivity contribution in [1.82, 2.24) is 9.97 Å². The van der Waals surface area contributed by atoms with E-state index in [0.29, 0.717) is 0 Å². The fraction of sp³-hybridized carbons (Fsp3) is 0.0833. The fourth-order valence-electron chi connectivity index (χ4n) is 1.42. The van der Waals surface area contributed by atoms with Crippen LogP contribution >= 0.6 is 0 Å². The molecule has 8 heteroatoms. The molecule has 104 valence electrons. The molecule has 2 aromatic rings. The van der Waals surface area contributed by atoms with Gasteiger partial charge in [0.15, 0.2) is 0 Å². The molecule has 0 spiro atoms. The number of amides is 1. The summed E-state index contributed by atoms with van der Waals surface area (Å²) in [7, 11) is 0. The van der Waals surface area contributed by atoms with E-state index in [9.17, 15) is 22.8 Å². The number of nitrogens with zero attached hydrogens (tertiary/aromatic N) is 1. The maximum atomic E-state index is 12.3. The van der Waals surface area contributed by atoms with Gasteiger partial charge in [-0.3, -0.25) is 9.59 Å². The number of pyridine rings is 2. The van der Waals surface area contributed by atoms with Crippen molar-refractivity contribution in [3.8, 4) is 0 Å². The van der Waals surface area contributed by atoms with Gasteiger partial charge in [0.25, 0.3) is 5.91 Å². The van der Waals surface area contributed by atoms with Gasteiger partial charge in [-0.2, -0.15) is 13.2 Å². The van der Waals surface area contributed by atoms with Crippen LogP contribution in [0.25, 0.3) is 0 Å². The molecule has 0 saturated carbocycles. The molecule has 2 heterocycles. The predicted molar refractivity (Wildman–Crippen MR) is 64.3 cm³/mol. The van der Waals surface area contributed by atoms with Crippen LogP contribution in [0.4, 0.5) is 18.9 Å². The number of aromatic nitrogens is 2. The summed E-state index contributed by atoms with van der Waals surface area (Å²) < 4.78 is 36.9. The summed E-state index contributed by atoms with van der Waals surface area (Å²) in [4.78, 5) is 28.3. The van der Waals surface area contributed by atoms with E-state index in [0.717, 1.165) is 24.4 Å². The lowest BCUT2D eigenvalue weighted by molar-refractivity contribution is -0.141. The largest absolute Gasteiger partial charge is 0.433 e. The molecule has 2 N–H and O–H groups in total. The van der Waals surface area contributed by atoms with Gasteiger partial charge in [0.1, 0.15) is 5.69 Å². The van der Waals surface area contributed by atoms with Crippen LogP contribution < -0.4 is 10.9 Å². The van der Waals surface area contributed by atoms with Crippen LogP contribution in [0.15, 0.2) is 41.5 Å². The van der Waals surface area contributed by atoms with E-state index in [1.807, 2.05) is 0 Å². The molecule has 1 amide bonds. The Morgan fingerprint density at radius 3 is 2.55 bits per heavy atom. The number of alkyl halides is 3. The van der Waals surface area contributed by atoms with Crippen LogP contribution in [0, 0.1) is 0 Å². The van der Waals surface area contributed by atoms with E-state index in [2.05, 4.69) is 15.3 Å². The van der Waals surface area contributed by atoms with Crippen LogP contribution in [0.2, 0.25) is 0 Å². The van der Waals surface area contributed by atoms with Crippen molar-refractivity contribution in [3.05, 3.63) is 58.3 Å². The number of carbonyl (C=O) groups excluding carboxylic acids is 1. The van der Waals surface area contributed by atoms with Crippen molar-refractivity contribution in [2.75, 3.05) is 5.32 Å². The molecular weight excluding hydrogens is 275 g/mol. The van der Waals surface area contributed by atoms with Gasteiger partial charge >= 0.3 is 6.18 Å². The van der Waals surface area contributed by atoms with Gasteiger partial charge in [-0.05, 0) is 18.2 Å². The lowest BCUT2D eigenvalue weighted by Crippen LogP contribution is -2.16. The number of hydrogen-bond acceptors (Lipinski definition) is 3. The quantitative estimate of drug-likeness (QED) is 0.885. The van der Waals surface area contributed by atoms with Crippen molar-refractivity contribution in [2.24, 2.45) is 0 Å². The SMILES string of the molecule is O=C(Nc1ccc(C(F)(F)F)nc1)c1cc[nH]c(=O)c1. The third-order valence-electron chi connectivity index (χ3n) is 2.35. The Hall–Kier alpha value is -2.64. The summed E-state index contributed by atoms with van der Waals surface area (Å²) in [5, 5.41) is 2.34. The molecule has 2 rings (SSSR count). The Labute approximate surface area is 110 Å². The highest BCUT2D eigenvalue weighted by molar-refractivity contribution is 6.04. The lowest BCUT2D eigenvalue weighted by atomic mass is 10.2. The highest BCUT2D eigenvalue weighted by atomic mass is 19.4. The number of hydrogen-bond donors (Lipinski definition) is 2. The predicted octanol–water partition coefficient (Wildman–Crippen LogP) is 2.04. The minimum absolute atomic E-state index is 0.0913. The number of rotatable bonds is 2. The topological polar surface area (TPSA) is 74.8 Å². The number of H-pyrrole nitrogens is 1. The van der Waals surface area contributed by atoms with Crippen LogP contribution in [0.3, 0.4) is 0 Å². The minimum Gasteiger partial charge on any atom is -0.329 e. The molecule has 0 atom stereocenters. The maximum absolute atomic E-state index is 12.3. The molecule has 0 aliphatic rings. The molecule has 0 aliphatic heterocycles. The van der Waals surface area contributed by atoms with Gasteiger partial charge in [0.2, 0.25) is 5.56 Å². The number of nitrogens with one attached hydrogen (secondary N) is 2. The van der Waals surface area contributed by atoms with Crippen LogP contribution in [-0.4, -0.2) is 15.9 Å². The second-order valence-corrected chi connectivity index (χ2v) is 3.83. The summed E-state index contributed by atoms with van der Waals surface area (Å²) in [6.45, 7) is 0. The zero-order valence-corrected chi connectivity index (χ0v) is 9.86. The highest BCUT2D eigenvalue weighted by Crippen LogP contribution is 2.27. The molecule has 0 bridgehead atoms. The van der Waals surface area contributed by atoms with E-state index in [1.54, 1.807) is 0 Å². The number of anilines is 1. The zero-order valence-electron chi connectivity index (χ0n) is 9.86. The first-order valence-corrected chi connectivity index (χ1v) is 5.39. The molecule has 0 aromatic carbocycles. The van der Waals surface area contributed by atoms with Crippen LogP contribution in [0.1, 0.15) is 16.1 Å². The van der Waals surface area contributed by atoms with Crippen molar-refractivity contribution in [3.63, 3.8) is 0 Å². The highest BCUT2D eigenvalue weighted by Gasteiger charge is 2.32. The van der Waals surface area contributed by atoms with Crippen molar-refractivity contribution >= 4 is 11.6 Å². The summed E-state index contributed by atoms with van der Waals surface area (Å²) in [6, 6.07) is 4.29. The van der Waals surface area contributed by atoms with Crippen molar-refractivity contribution < 1.29 is 18.0 Å². The van der Waals surface area contributed by atoms with Gasteiger partial charge < -0.3 is 10.3 Å². The third-order valence-corrected chi connectivity index (χ3v) is 2.35.